The van der Waals surface area contributed by atoms with E-state index in [4.69, 9.17) is 5.11 Å². The van der Waals surface area contributed by atoms with Gasteiger partial charge < -0.3 is 20.2 Å². The highest BCUT2D eigenvalue weighted by molar-refractivity contribution is 5.82. The van der Waals surface area contributed by atoms with E-state index in [0.717, 1.165) is 26.1 Å². The number of carboxylic acids is 1. The molecule has 1 atom stereocenters. The molecule has 0 unspecified atom stereocenters. The van der Waals surface area contributed by atoms with Crippen molar-refractivity contribution in [1.82, 2.24) is 15.1 Å². The second kappa shape index (κ2) is 9.61. The summed E-state index contributed by atoms with van der Waals surface area (Å²) in [6.45, 7) is 11.8. The summed E-state index contributed by atoms with van der Waals surface area (Å²) >= 11 is 0. The van der Waals surface area contributed by atoms with E-state index in [2.05, 4.69) is 24.1 Å². The summed E-state index contributed by atoms with van der Waals surface area (Å²) in [4.78, 5) is 26.5. The van der Waals surface area contributed by atoms with Crippen LogP contribution in [0, 0.1) is 0 Å². The van der Waals surface area contributed by atoms with Gasteiger partial charge in [0.15, 0.2) is 0 Å². The molecule has 6 nitrogen and oxygen atoms in total. The maximum atomic E-state index is 11.8. The van der Waals surface area contributed by atoms with E-state index < -0.39 is 12.0 Å². The van der Waals surface area contributed by atoms with Gasteiger partial charge in [-0.05, 0) is 39.9 Å². The number of urea groups is 1. The number of carbonyl (C=O) groups is 2. The lowest BCUT2D eigenvalue weighted by atomic mass is 10.3. The summed E-state index contributed by atoms with van der Waals surface area (Å²) < 4.78 is 0. The van der Waals surface area contributed by atoms with E-state index >= 15 is 0 Å². The van der Waals surface area contributed by atoms with Gasteiger partial charge in [-0.3, -0.25) is 4.79 Å². The van der Waals surface area contributed by atoms with Crippen molar-refractivity contribution in [2.24, 2.45) is 0 Å². The van der Waals surface area contributed by atoms with Crippen molar-refractivity contribution in [2.45, 2.75) is 40.2 Å². The fourth-order valence-corrected chi connectivity index (χ4v) is 1.77. The summed E-state index contributed by atoms with van der Waals surface area (Å²) in [6, 6.07) is -1.17. The smallest absolute Gasteiger partial charge is 0.325 e. The van der Waals surface area contributed by atoms with Crippen molar-refractivity contribution in [3.8, 4) is 0 Å². The Bertz CT molecular complexity index is 280. The summed E-state index contributed by atoms with van der Waals surface area (Å²) in [5, 5.41) is 11.2. The van der Waals surface area contributed by atoms with E-state index in [1.54, 1.807) is 4.90 Å². The van der Waals surface area contributed by atoms with Crippen LogP contribution in [-0.2, 0) is 4.79 Å². The number of carboxylic acid groups (broad SMARTS) is 1. The lowest BCUT2D eigenvalue weighted by Crippen LogP contribution is -2.47. The molecule has 0 aromatic carbocycles. The van der Waals surface area contributed by atoms with E-state index in [-0.39, 0.29) is 6.03 Å². The maximum Gasteiger partial charge on any atom is 0.325 e. The number of carbonyl (C=O) groups excluding carboxylic acids is 1. The Morgan fingerprint density at radius 1 is 1.11 bits per heavy atom. The van der Waals surface area contributed by atoms with Gasteiger partial charge in [0.1, 0.15) is 6.04 Å². The van der Waals surface area contributed by atoms with Gasteiger partial charge in [-0.2, -0.15) is 0 Å². The van der Waals surface area contributed by atoms with Gasteiger partial charge in [-0.25, -0.2) is 4.79 Å². The van der Waals surface area contributed by atoms with Crippen molar-refractivity contribution in [2.75, 3.05) is 32.7 Å². The minimum atomic E-state index is -1.02. The fourth-order valence-electron chi connectivity index (χ4n) is 1.77. The highest BCUT2D eigenvalue weighted by Crippen LogP contribution is 1.97. The second-order valence-electron chi connectivity index (χ2n) is 4.47. The third-order valence-electron chi connectivity index (χ3n) is 3.18. The van der Waals surface area contributed by atoms with Crippen molar-refractivity contribution in [3.63, 3.8) is 0 Å². The first kappa shape index (κ1) is 17.7. The molecule has 0 aliphatic heterocycles. The quantitative estimate of drug-likeness (QED) is 0.662. The van der Waals surface area contributed by atoms with E-state index in [9.17, 15) is 9.59 Å². The molecule has 6 heteroatoms. The standard InChI is InChI=1S/C13H27N3O3/c1-5-15(6-2)9-8-10-16(7-3)13(19)14-11(4)12(17)18/h11H,5-10H2,1-4H3,(H,14,19)(H,17,18)/t11-/m0/s1. The Morgan fingerprint density at radius 3 is 2.11 bits per heavy atom. The topological polar surface area (TPSA) is 72.9 Å². The van der Waals surface area contributed by atoms with E-state index in [0.29, 0.717) is 13.1 Å². The molecule has 19 heavy (non-hydrogen) atoms. The van der Waals surface area contributed by atoms with Gasteiger partial charge >= 0.3 is 12.0 Å². The van der Waals surface area contributed by atoms with Gasteiger partial charge in [-0.1, -0.05) is 13.8 Å². The zero-order valence-electron chi connectivity index (χ0n) is 12.5. The average Bonchev–Trinajstić information content (AvgIpc) is 2.38. The van der Waals surface area contributed by atoms with Crippen molar-refractivity contribution >= 4 is 12.0 Å². The Morgan fingerprint density at radius 2 is 1.68 bits per heavy atom. The normalized spacial score (nSPS) is 12.3. The number of nitrogens with zero attached hydrogens (tertiary/aromatic N) is 2. The first-order valence-corrected chi connectivity index (χ1v) is 6.96. The van der Waals surface area contributed by atoms with Crippen LogP contribution in [0.3, 0.4) is 0 Å². The van der Waals surface area contributed by atoms with Crippen LogP contribution in [0.1, 0.15) is 34.1 Å². The minimum absolute atomic E-state index is 0.308. The lowest BCUT2D eigenvalue weighted by Gasteiger charge is -2.24. The van der Waals surface area contributed by atoms with Crippen molar-refractivity contribution in [3.05, 3.63) is 0 Å². The zero-order valence-corrected chi connectivity index (χ0v) is 12.5. The fraction of sp³-hybridized carbons (Fsp3) is 0.846. The first-order valence-electron chi connectivity index (χ1n) is 6.96. The van der Waals surface area contributed by atoms with Gasteiger partial charge in [0, 0.05) is 13.1 Å². The molecule has 2 N–H and O–H groups in total. The van der Waals surface area contributed by atoms with Crippen LogP contribution in [0.15, 0.2) is 0 Å². The van der Waals surface area contributed by atoms with Gasteiger partial charge in [-0.15, -0.1) is 0 Å². The predicted octanol–water partition coefficient (Wildman–Crippen LogP) is 1.22. The molecule has 112 valence electrons. The number of hydrogen-bond donors (Lipinski definition) is 2. The SMILES string of the molecule is CCN(CC)CCCN(CC)C(=O)N[C@@H](C)C(=O)O. The number of rotatable bonds is 9. The van der Waals surface area contributed by atoms with Gasteiger partial charge in [0.05, 0.1) is 0 Å². The highest BCUT2D eigenvalue weighted by atomic mass is 16.4. The molecule has 0 spiro atoms. The average molecular weight is 273 g/mol. The Labute approximate surface area is 115 Å². The van der Waals surface area contributed by atoms with Gasteiger partial charge in [0.2, 0.25) is 0 Å². The van der Waals surface area contributed by atoms with Gasteiger partial charge in [0.25, 0.3) is 0 Å². The zero-order chi connectivity index (χ0) is 14.8. The van der Waals surface area contributed by atoms with Crippen molar-refractivity contribution in [1.29, 1.82) is 0 Å². The van der Waals surface area contributed by atoms with Crippen LogP contribution in [-0.4, -0.2) is 65.7 Å². The van der Waals surface area contributed by atoms with Crippen LogP contribution < -0.4 is 5.32 Å². The summed E-state index contributed by atoms with van der Waals surface area (Å²) in [6.07, 6.45) is 0.893. The van der Waals surface area contributed by atoms with E-state index in [1.165, 1.54) is 6.92 Å². The molecular weight excluding hydrogens is 246 g/mol. The van der Waals surface area contributed by atoms with Crippen LogP contribution in [0.5, 0.6) is 0 Å². The van der Waals surface area contributed by atoms with Crippen LogP contribution in [0.2, 0.25) is 0 Å². The molecule has 0 heterocycles. The summed E-state index contributed by atoms with van der Waals surface area (Å²) in [5.74, 6) is -1.02. The summed E-state index contributed by atoms with van der Waals surface area (Å²) in [7, 11) is 0. The molecule has 0 aromatic rings. The molecule has 0 aliphatic carbocycles. The second-order valence-corrected chi connectivity index (χ2v) is 4.47. The third-order valence-corrected chi connectivity index (χ3v) is 3.18. The molecule has 0 rings (SSSR count). The number of hydrogen-bond acceptors (Lipinski definition) is 3. The number of amides is 2. The largest absolute Gasteiger partial charge is 0.480 e. The summed E-state index contributed by atoms with van der Waals surface area (Å²) in [5.41, 5.74) is 0. The van der Waals surface area contributed by atoms with Crippen LogP contribution >= 0.6 is 0 Å². The number of aliphatic carboxylic acids is 1. The predicted molar refractivity (Wildman–Crippen MR) is 75.3 cm³/mol. The van der Waals surface area contributed by atoms with Crippen molar-refractivity contribution < 1.29 is 14.7 Å². The van der Waals surface area contributed by atoms with Crippen LogP contribution in [0.4, 0.5) is 4.79 Å². The molecule has 0 fully saturated rings. The Kier molecular flexibility index (Phi) is 8.95. The molecule has 0 aliphatic rings. The molecule has 0 bridgehead atoms. The molecule has 0 saturated carbocycles. The first-order chi connectivity index (χ1) is 8.96. The molecular formula is C13H27N3O3. The molecule has 0 radical (unpaired) electrons. The Hall–Kier alpha value is -1.30. The third kappa shape index (κ3) is 7.00. The number of nitrogens with one attached hydrogen (secondary N) is 1. The lowest BCUT2D eigenvalue weighted by molar-refractivity contribution is -0.138. The minimum Gasteiger partial charge on any atom is -0.480 e. The highest BCUT2D eigenvalue weighted by Gasteiger charge is 2.17. The monoisotopic (exact) mass is 273 g/mol. The van der Waals surface area contributed by atoms with E-state index in [1.807, 2.05) is 6.92 Å². The molecule has 2 amide bonds. The van der Waals surface area contributed by atoms with Crippen LogP contribution in [0.25, 0.3) is 0 Å². The molecule has 0 saturated heterocycles. The maximum absolute atomic E-state index is 11.8. The Balaban J connectivity index is 4.12. The molecule has 0 aromatic heterocycles.